The number of hydrogen-bond donors (Lipinski definition) is 2. The zero-order chi connectivity index (χ0) is 14.5. The van der Waals surface area contributed by atoms with Gasteiger partial charge in [0.1, 0.15) is 11.9 Å². The molecule has 0 radical (unpaired) electrons. The number of rotatable bonds is 4. The minimum absolute atomic E-state index is 0.167. The standard InChI is InChI=1S/C16H17FN2O/c1-11-14(17)9-6-10-15(11)18-12(2)16(20)19-13-7-4-3-5-8-13/h3-10,12,18H,1-2H3,(H,19,20). The van der Waals surface area contributed by atoms with Gasteiger partial charge in [-0.05, 0) is 38.1 Å². The number of benzene rings is 2. The third kappa shape index (κ3) is 3.35. The molecule has 0 heterocycles. The Morgan fingerprint density at radius 2 is 1.80 bits per heavy atom. The molecule has 0 bridgehead atoms. The Labute approximate surface area is 117 Å². The molecule has 0 fully saturated rings. The highest BCUT2D eigenvalue weighted by Crippen LogP contribution is 2.18. The number of para-hydroxylation sites is 1. The maximum Gasteiger partial charge on any atom is 0.246 e. The molecule has 0 aliphatic rings. The van der Waals surface area contributed by atoms with Crippen LogP contribution in [0, 0.1) is 12.7 Å². The van der Waals surface area contributed by atoms with E-state index in [4.69, 9.17) is 0 Å². The normalized spacial score (nSPS) is 11.8. The fraction of sp³-hybridized carbons (Fsp3) is 0.188. The van der Waals surface area contributed by atoms with E-state index in [0.29, 0.717) is 11.3 Å². The molecule has 2 aromatic carbocycles. The van der Waals surface area contributed by atoms with Crippen molar-refractivity contribution in [1.82, 2.24) is 0 Å². The molecule has 1 amide bonds. The van der Waals surface area contributed by atoms with E-state index in [1.807, 2.05) is 30.3 Å². The fourth-order valence-corrected chi connectivity index (χ4v) is 1.83. The highest BCUT2D eigenvalue weighted by Gasteiger charge is 2.14. The van der Waals surface area contributed by atoms with Crippen molar-refractivity contribution >= 4 is 17.3 Å². The third-order valence-electron chi connectivity index (χ3n) is 3.07. The number of anilines is 2. The molecule has 3 nitrogen and oxygen atoms in total. The first kappa shape index (κ1) is 14.1. The van der Waals surface area contributed by atoms with Crippen molar-refractivity contribution in [2.45, 2.75) is 19.9 Å². The summed E-state index contributed by atoms with van der Waals surface area (Å²) in [4.78, 5) is 12.0. The monoisotopic (exact) mass is 272 g/mol. The van der Waals surface area contributed by atoms with E-state index >= 15 is 0 Å². The Hall–Kier alpha value is -2.36. The highest BCUT2D eigenvalue weighted by atomic mass is 19.1. The Kier molecular flexibility index (Phi) is 4.35. The van der Waals surface area contributed by atoms with Crippen LogP contribution in [0.4, 0.5) is 15.8 Å². The number of amides is 1. The summed E-state index contributed by atoms with van der Waals surface area (Å²) in [7, 11) is 0. The lowest BCUT2D eigenvalue weighted by Crippen LogP contribution is -2.32. The van der Waals surface area contributed by atoms with E-state index in [-0.39, 0.29) is 11.7 Å². The highest BCUT2D eigenvalue weighted by molar-refractivity contribution is 5.96. The maximum atomic E-state index is 13.4. The number of carbonyl (C=O) groups excluding carboxylic acids is 1. The summed E-state index contributed by atoms with van der Waals surface area (Å²) >= 11 is 0. The van der Waals surface area contributed by atoms with E-state index in [0.717, 1.165) is 5.69 Å². The first-order valence-electron chi connectivity index (χ1n) is 6.45. The van der Waals surface area contributed by atoms with Gasteiger partial charge in [-0.3, -0.25) is 4.79 Å². The minimum atomic E-state index is -0.462. The lowest BCUT2D eigenvalue weighted by molar-refractivity contribution is -0.116. The van der Waals surface area contributed by atoms with E-state index in [2.05, 4.69) is 10.6 Å². The molecule has 2 N–H and O–H groups in total. The van der Waals surface area contributed by atoms with Crippen LogP contribution in [-0.4, -0.2) is 11.9 Å². The van der Waals surface area contributed by atoms with Crippen LogP contribution in [0.5, 0.6) is 0 Å². The summed E-state index contributed by atoms with van der Waals surface area (Å²) in [6.45, 7) is 3.42. The molecule has 1 atom stereocenters. The van der Waals surface area contributed by atoms with Crippen LogP contribution in [0.1, 0.15) is 12.5 Å². The lowest BCUT2D eigenvalue weighted by Gasteiger charge is -2.17. The molecular weight excluding hydrogens is 255 g/mol. The van der Waals surface area contributed by atoms with E-state index < -0.39 is 6.04 Å². The van der Waals surface area contributed by atoms with Crippen LogP contribution in [0.2, 0.25) is 0 Å². The first-order valence-corrected chi connectivity index (χ1v) is 6.45. The van der Waals surface area contributed by atoms with Gasteiger partial charge in [-0.2, -0.15) is 0 Å². The molecule has 0 aliphatic carbocycles. The topological polar surface area (TPSA) is 41.1 Å². The van der Waals surface area contributed by atoms with Gasteiger partial charge in [-0.15, -0.1) is 0 Å². The van der Waals surface area contributed by atoms with Crippen molar-refractivity contribution in [2.75, 3.05) is 10.6 Å². The van der Waals surface area contributed by atoms with E-state index in [1.165, 1.54) is 6.07 Å². The van der Waals surface area contributed by atoms with Crippen molar-refractivity contribution in [3.05, 3.63) is 59.9 Å². The summed E-state index contributed by atoms with van der Waals surface area (Å²) in [5, 5.41) is 5.82. The molecule has 4 heteroatoms. The molecule has 0 saturated heterocycles. The van der Waals surface area contributed by atoms with Crippen LogP contribution in [0.25, 0.3) is 0 Å². The van der Waals surface area contributed by atoms with Crippen molar-refractivity contribution in [1.29, 1.82) is 0 Å². The summed E-state index contributed by atoms with van der Waals surface area (Å²) in [6.07, 6.45) is 0. The van der Waals surface area contributed by atoms with Gasteiger partial charge >= 0.3 is 0 Å². The second kappa shape index (κ2) is 6.19. The Morgan fingerprint density at radius 3 is 2.50 bits per heavy atom. The van der Waals surface area contributed by atoms with Crippen molar-refractivity contribution < 1.29 is 9.18 Å². The van der Waals surface area contributed by atoms with Crippen LogP contribution in [0.3, 0.4) is 0 Å². The molecule has 2 aromatic rings. The van der Waals surface area contributed by atoms with Crippen molar-refractivity contribution in [3.8, 4) is 0 Å². The summed E-state index contributed by atoms with van der Waals surface area (Å²) in [5.74, 6) is -0.453. The summed E-state index contributed by atoms with van der Waals surface area (Å²) in [5.41, 5.74) is 1.87. The van der Waals surface area contributed by atoms with Crippen LogP contribution in [0.15, 0.2) is 48.5 Å². The second-order valence-electron chi connectivity index (χ2n) is 4.63. The first-order chi connectivity index (χ1) is 9.58. The van der Waals surface area contributed by atoms with Gasteiger partial charge in [0.05, 0.1) is 0 Å². The SMILES string of the molecule is Cc1c(F)cccc1NC(C)C(=O)Nc1ccccc1. The Morgan fingerprint density at radius 1 is 1.10 bits per heavy atom. The molecule has 0 saturated carbocycles. The molecule has 0 aliphatic heterocycles. The summed E-state index contributed by atoms with van der Waals surface area (Å²) < 4.78 is 13.4. The fourth-order valence-electron chi connectivity index (χ4n) is 1.83. The zero-order valence-corrected chi connectivity index (χ0v) is 11.5. The molecule has 0 aromatic heterocycles. The third-order valence-corrected chi connectivity index (χ3v) is 3.07. The second-order valence-corrected chi connectivity index (χ2v) is 4.63. The number of hydrogen-bond acceptors (Lipinski definition) is 2. The zero-order valence-electron chi connectivity index (χ0n) is 11.5. The number of nitrogens with one attached hydrogen (secondary N) is 2. The predicted molar refractivity (Wildman–Crippen MR) is 79.3 cm³/mol. The van der Waals surface area contributed by atoms with Gasteiger partial charge < -0.3 is 10.6 Å². The van der Waals surface area contributed by atoms with Crippen molar-refractivity contribution in [2.24, 2.45) is 0 Å². The van der Waals surface area contributed by atoms with E-state index in [1.54, 1.807) is 26.0 Å². The largest absolute Gasteiger partial charge is 0.374 e. The van der Waals surface area contributed by atoms with Crippen LogP contribution in [-0.2, 0) is 4.79 Å². The average molecular weight is 272 g/mol. The molecule has 0 spiro atoms. The smallest absolute Gasteiger partial charge is 0.246 e. The maximum absolute atomic E-state index is 13.4. The quantitative estimate of drug-likeness (QED) is 0.893. The van der Waals surface area contributed by atoms with Crippen LogP contribution < -0.4 is 10.6 Å². The van der Waals surface area contributed by atoms with Gasteiger partial charge in [0.2, 0.25) is 5.91 Å². The van der Waals surface area contributed by atoms with Gasteiger partial charge in [-0.25, -0.2) is 4.39 Å². The molecular formula is C16H17FN2O. The predicted octanol–water partition coefficient (Wildman–Crippen LogP) is 3.57. The average Bonchev–Trinajstić information content (AvgIpc) is 2.45. The molecule has 1 unspecified atom stereocenters. The Balaban J connectivity index is 2.03. The van der Waals surface area contributed by atoms with Crippen molar-refractivity contribution in [3.63, 3.8) is 0 Å². The van der Waals surface area contributed by atoms with Gasteiger partial charge in [-0.1, -0.05) is 24.3 Å². The molecule has 20 heavy (non-hydrogen) atoms. The minimum Gasteiger partial charge on any atom is -0.374 e. The van der Waals surface area contributed by atoms with Gasteiger partial charge in [0.15, 0.2) is 0 Å². The van der Waals surface area contributed by atoms with Gasteiger partial charge in [0, 0.05) is 16.9 Å². The summed E-state index contributed by atoms with van der Waals surface area (Å²) in [6, 6.07) is 13.5. The van der Waals surface area contributed by atoms with E-state index in [9.17, 15) is 9.18 Å². The number of halogens is 1. The van der Waals surface area contributed by atoms with Crippen LogP contribution >= 0.6 is 0 Å². The lowest BCUT2D eigenvalue weighted by atomic mass is 10.1. The Bertz CT molecular complexity index is 599. The number of carbonyl (C=O) groups is 1. The molecule has 2 rings (SSSR count). The van der Waals surface area contributed by atoms with Gasteiger partial charge in [0.25, 0.3) is 0 Å². The molecule has 104 valence electrons.